The summed E-state index contributed by atoms with van der Waals surface area (Å²) in [6, 6.07) is 21.8. The van der Waals surface area contributed by atoms with E-state index < -0.39 is 0 Å². The van der Waals surface area contributed by atoms with Gasteiger partial charge in [0.1, 0.15) is 4.88 Å². The number of nitrogens with zero attached hydrogens (tertiary/aromatic N) is 2. The van der Waals surface area contributed by atoms with Crippen molar-refractivity contribution in [2.24, 2.45) is 0 Å². The van der Waals surface area contributed by atoms with E-state index in [0.717, 1.165) is 16.9 Å². The third-order valence-electron chi connectivity index (χ3n) is 4.06. The summed E-state index contributed by atoms with van der Waals surface area (Å²) in [4.78, 5) is 34.5. The standard InChI is InChI=1S/C22H15N3O2S/c26-19(17-12-7-13-23-14-17)20-18(15-8-3-1-4-9-15)24-22(28-20)25-21(27)16-10-5-2-6-11-16/h1-14H,(H,24,25,27). The van der Waals surface area contributed by atoms with Crippen LogP contribution in [0.1, 0.15) is 25.6 Å². The maximum absolute atomic E-state index is 13.0. The molecule has 0 aliphatic heterocycles. The van der Waals surface area contributed by atoms with Gasteiger partial charge in [-0.05, 0) is 24.3 Å². The second-order valence-electron chi connectivity index (χ2n) is 5.95. The van der Waals surface area contributed by atoms with Gasteiger partial charge >= 0.3 is 0 Å². The molecule has 0 saturated carbocycles. The van der Waals surface area contributed by atoms with Crippen molar-refractivity contribution < 1.29 is 9.59 Å². The Morgan fingerprint density at radius 1 is 0.821 bits per heavy atom. The lowest BCUT2D eigenvalue weighted by Crippen LogP contribution is -2.11. The number of rotatable bonds is 5. The highest BCUT2D eigenvalue weighted by Gasteiger charge is 2.22. The predicted molar refractivity (Wildman–Crippen MR) is 110 cm³/mol. The molecule has 5 nitrogen and oxygen atoms in total. The van der Waals surface area contributed by atoms with Gasteiger partial charge in [0.25, 0.3) is 5.91 Å². The Balaban J connectivity index is 1.72. The Hall–Kier alpha value is -3.64. The Bertz CT molecular complexity index is 1110. The first kappa shape index (κ1) is 17.8. The van der Waals surface area contributed by atoms with Crippen LogP contribution in [0.3, 0.4) is 0 Å². The van der Waals surface area contributed by atoms with Gasteiger partial charge in [0, 0.05) is 29.1 Å². The summed E-state index contributed by atoms with van der Waals surface area (Å²) in [6.45, 7) is 0. The highest BCUT2D eigenvalue weighted by Crippen LogP contribution is 2.33. The topological polar surface area (TPSA) is 72.0 Å². The molecule has 4 aromatic rings. The van der Waals surface area contributed by atoms with Gasteiger partial charge in [-0.2, -0.15) is 0 Å². The minimum Gasteiger partial charge on any atom is -0.298 e. The van der Waals surface area contributed by atoms with Gasteiger partial charge in [0.15, 0.2) is 5.13 Å². The lowest BCUT2D eigenvalue weighted by atomic mass is 10.1. The molecule has 0 aliphatic carbocycles. The molecule has 0 atom stereocenters. The second-order valence-corrected chi connectivity index (χ2v) is 6.95. The normalized spacial score (nSPS) is 10.4. The lowest BCUT2D eigenvalue weighted by Gasteiger charge is -2.01. The highest BCUT2D eigenvalue weighted by atomic mass is 32.1. The van der Waals surface area contributed by atoms with E-state index in [1.54, 1.807) is 42.6 Å². The van der Waals surface area contributed by atoms with Gasteiger partial charge in [-0.15, -0.1) is 0 Å². The maximum atomic E-state index is 13.0. The van der Waals surface area contributed by atoms with Crippen LogP contribution >= 0.6 is 11.3 Å². The number of hydrogen-bond donors (Lipinski definition) is 1. The number of benzene rings is 2. The summed E-state index contributed by atoms with van der Waals surface area (Å²) >= 11 is 1.16. The molecule has 0 saturated heterocycles. The zero-order valence-corrected chi connectivity index (χ0v) is 15.5. The molecular weight excluding hydrogens is 370 g/mol. The van der Waals surface area contributed by atoms with E-state index in [4.69, 9.17) is 0 Å². The van der Waals surface area contributed by atoms with Crippen molar-refractivity contribution in [2.75, 3.05) is 5.32 Å². The third kappa shape index (κ3) is 3.72. The molecule has 2 aromatic heterocycles. The fraction of sp³-hybridized carbons (Fsp3) is 0. The number of nitrogens with one attached hydrogen (secondary N) is 1. The minimum absolute atomic E-state index is 0.176. The Kier molecular flexibility index (Phi) is 5.03. The van der Waals surface area contributed by atoms with Gasteiger partial charge in [-0.3, -0.25) is 19.9 Å². The summed E-state index contributed by atoms with van der Waals surface area (Å²) in [7, 11) is 0. The van der Waals surface area contributed by atoms with E-state index in [9.17, 15) is 9.59 Å². The van der Waals surface area contributed by atoms with Crippen molar-refractivity contribution in [3.8, 4) is 11.3 Å². The molecule has 0 aliphatic rings. The average molecular weight is 385 g/mol. The molecule has 1 amide bonds. The zero-order chi connectivity index (χ0) is 19.3. The summed E-state index contributed by atoms with van der Waals surface area (Å²) < 4.78 is 0. The van der Waals surface area contributed by atoms with Gasteiger partial charge in [0.2, 0.25) is 5.78 Å². The molecule has 6 heteroatoms. The van der Waals surface area contributed by atoms with Crippen LogP contribution in [0.2, 0.25) is 0 Å². The third-order valence-corrected chi connectivity index (χ3v) is 5.03. The number of anilines is 1. The van der Waals surface area contributed by atoms with Crippen LogP contribution in [0.4, 0.5) is 5.13 Å². The monoisotopic (exact) mass is 385 g/mol. The highest BCUT2D eigenvalue weighted by molar-refractivity contribution is 7.18. The van der Waals surface area contributed by atoms with Crippen LogP contribution in [0, 0.1) is 0 Å². The van der Waals surface area contributed by atoms with Crippen molar-refractivity contribution >= 4 is 28.2 Å². The van der Waals surface area contributed by atoms with Gasteiger partial charge in [-0.1, -0.05) is 59.9 Å². The number of carbonyl (C=O) groups is 2. The van der Waals surface area contributed by atoms with Gasteiger partial charge in [-0.25, -0.2) is 4.98 Å². The van der Waals surface area contributed by atoms with Crippen LogP contribution in [0.15, 0.2) is 85.2 Å². The quantitative estimate of drug-likeness (QED) is 0.506. The van der Waals surface area contributed by atoms with Crippen molar-refractivity contribution in [3.05, 3.63) is 101 Å². The molecule has 0 unspecified atom stereocenters. The molecule has 0 spiro atoms. The SMILES string of the molecule is O=C(Nc1nc(-c2ccccc2)c(C(=O)c2cccnc2)s1)c1ccccc1. The van der Waals surface area contributed by atoms with Crippen LogP contribution in [-0.4, -0.2) is 21.7 Å². The molecule has 136 valence electrons. The van der Waals surface area contributed by atoms with E-state index in [2.05, 4.69) is 15.3 Å². The van der Waals surface area contributed by atoms with Crippen LogP contribution in [-0.2, 0) is 0 Å². The molecule has 0 bridgehead atoms. The van der Waals surface area contributed by atoms with E-state index in [-0.39, 0.29) is 11.7 Å². The molecule has 0 radical (unpaired) electrons. The molecule has 28 heavy (non-hydrogen) atoms. The van der Waals surface area contributed by atoms with Crippen molar-refractivity contribution in [1.29, 1.82) is 0 Å². The maximum Gasteiger partial charge on any atom is 0.257 e. The van der Waals surface area contributed by atoms with Crippen molar-refractivity contribution in [2.45, 2.75) is 0 Å². The summed E-state index contributed by atoms with van der Waals surface area (Å²) in [5.41, 5.74) is 2.36. The number of hydrogen-bond acceptors (Lipinski definition) is 5. The number of carbonyl (C=O) groups excluding carboxylic acids is 2. The van der Waals surface area contributed by atoms with E-state index >= 15 is 0 Å². The minimum atomic E-state index is -0.269. The number of thiazole rings is 1. The fourth-order valence-corrected chi connectivity index (χ4v) is 3.65. The molecule has 0 fully saturated rings. The number of aromatic nitrogens is 2. The number of ketones is 1. The summed E-state index contributed by atoms with van der Waals surface area (Å²) in [5, 5.41) is 3.17. The first-order valence-corrected chi connectivity index (χ1v) is 9.41. The summed E-state index contributed by atoms with van der Waals surface area (Å²) in [6.07, 6.45) is 3.14. The van der Waals surface area contributed by atoms with Crippen LogP contribution < -0.4 is 5.32 Å². The van der Waals surface area contributed by atoms with E-state index in [1.165, 1.54) is 6.20 Å². The van der Waals surface area contributed by atoms with Gasteiger partial charge in [0.05, 0.1) is 5.69 Å². The molecule has 2 aromatic carbocycles. The second kappa shape index (κ2) is 7.94. The van der Waals surface area contributed by atoms with E-state index in [1.807, 2.05) is 36.4 Å². The lowest BCUT2D eigenvalue weighted by molar-refractivity contribution is 0.102. The fourth-order valence-electron chi connectivity index (χ4n) is 2.71. The first-order valence-electron chi connectivity index (χ1n) is 8.60. The Labute approximate surface area is 165 Å². The number of amides is 1. The smallest absolute Gasteiger partial charge is 0.257 e. The zero-order valence-electron chi connectivity index (χ0n) is 14.7. The molecule has 4 rings (SSSR count). The largest absolute Gasteiger partial charge is 0.298 e. The Morgan fingerprint density at radius 3 is 2.18 bits per heavy atom. The predicted octanol–water partition coefficient (Wildman–Crippen LogP) is 4.69. The van der Waals surface area contributed by atoms with Crippen LogP contribution in [0.5, 0.6) is 0 Å². The average Bonchev–Trinajstić information content (AvgIpc) is 3.19. The molecule has 2 heterocycles. The molecular formula is C22H15N3O2S. The summed E-state index contributed by atoms with van der Waals surface area (Å²) in [5.74, 6) is -0.445. The van der Waals surface area contributed by atoms with Crippen LogP contribution in [0.25, 0.3) is 11.3 Å². The van der Waals surface area contributed by atoms with Crippen molar-refractivity contribution in [3.63, 3.8) is 0 Å². The van der Waals surface area contributed by atoms with E-state index in [0.29, 0.717) is 26.8 Å². The van der Waals surface area contributed by atoms with Gasteiger partial charge < -0.3 is 0 Å². The number of pyridine rings is 1. The van der Waals surface area contributed by atoms with Crippen molar-refractivity contribution in [1.82, 2.24) is 9.97 Å². The Morgan fingerprint density at radius 2 is 1.50 bits per heavy atom. The first-order chi connectivity index (χ1) is 13.7. The molecule has 1 N–H and O–H groups in total.